The quantitative estimate of drug-likeness (QED) is 0.806. The number of nitrogens with one attached hydrogen (secondary N) is 1. The molecule has 4 rings (SSSR count). The van der Waals surface area contributed by atoms with Crippen LogP contribution in [0, 0.1) is 0 Å². The number of hydrogen-bond donors (Lipinski definition) is 1. The van der Waals surface area contributed by atoms with Crippen LogP contribution in [0.5, 0.6) is 0 Å². The van der Waals surface area contributed by atoms with Crippen molar-refractivity contribution in [2.75, 3.05) is 6.54 Å². The molecular weight excluding hydrogens is 300 g/mol. The molecule has 3 aromatic rings. The lowest BCUT2D eigenvalue weighted by Crippen LogP contribution is -2.26. The van der Waals surface area contributed by atoms with Gasteiger partial charge < -0.3 is 4.98 Å². The molecule has 0 aliphatic carbocycles. The van der Waals surface area contributed by atoms with Gasteiger partial charge in [0.15, 0.2) is 5.52 Å². The lowest BCUT2D eigenvalue weighted by molar-refractivity contribution is 0.260. The second-order valence-electron chi connectivity index (χ2n) is 6.46. The first-order chi connectivity index (χ1) is 11.7. The van der Waals surface area contributed by atoms with Crippen molar-refractivity contribution in [1.29, 1.82) is 0 Å². The zero-order valence-electron chi connectivity index (χ0n) is 13.7. The number of aromatic nitrogens is 3. The summed E-state index contributed by atoms with van der Waals surface area (Å²) in [5.74, 6) is 0. The molecule has 1 aromatic carbocycles. The molecule has 0 bridgehead atoms. The Morgan fingerprint density at radius 1 is 1.29 bits per heavy atom. The van der Waals surface area contributed by atoms with Gasteiger partial charge in [0.2, 0.25) is 0 Å². The number of rotatable bonds is 3. The van der Waals surface area contributed by atoms with E-state index in [1.165, 1.54) is 31.3 Å². The Morgan fingerprint density at radius 2 is 2.21 bits per heavy atom. The van der Waals surface area contributed by atoms with Crippen LogP contribution in [0.25, 0.3) is 22.3 Å². The van der Waals surface area contributed by atoms with Gasteiger partial charge >= 0.3 is 0 Å². The summed E-state index contributed by atoms with van der Waals surface area (Å²) >= 11 is 0. The van der Waals surface area contributed by atoms with Crippen molar-refractivity contribution in [3.63, 3.8) is 0 Å². The van der Waals surface area contributed by atoms with Crippen molar-refractivity contribution in [3.8, 4) is 11.3 Å². The van der Waals surface area contributed by atoms with E-state index in [0.717, 1.165) is 17.8 Å². The predicted octanol–water partition coefficient (Wildman–Crippen LogP) is 2.97. The van der Waals surface area contributed by atoms with Gasteiger partial charge in [0.1, 0.15) is 0 Å². The molecule has 1 N–H and O–H groups in total. The van der Waals surface area contributed by atoms with Crippen molar-refractivity contribution < 1.29 is 0 Å². The maximum atomic E-state index is 11.9. The first-order valence-electron chi connectivity index (χ1n) is 8.38. The largest absolute Gasteiger partial charge is 0.311 e. The van der Waals surface area contributed by atoms with Crippen molar-refractivity contribution in [1.82, 2.24) is 19.9 Å². The standard InChI is InChI=1S/C19H20N4O/c1-13-4-3-9-23(13)11-14-5-2-6-15(10-14)16-7-8-17-18(22-16)19(24)21-12-20-17/h2,5-8,10,12-13H,3-4,9,11H2,1H3,(H,20,21,24)/t13-/m1/s1. The van der Waals surface area contributed by atoms with Gasteiger partial charge in [0.25, 0.3) is 5.56 Å². The summed E-state index contributed by atoms with van der Waals surface area (Å²) in [4.78, 5) is 25.7. The van der Waals surface area contributed by atoms with Crippen LogP contribution in [0.3, 0.4) is 0 Å². The van der Waals surface area contributed by atoms with Gasteiger partial charge in [-0.3, -0.25) is 9.69 Å². The topological polar surface area (TPSA) is 61.9 Å². The Kier molecular flexibility index (Phi) is 3.86. The zero-order chi connectivity index (χ0) is 16.5. The van der Waals surface area contributed by atoms with Gasteiger partial charge in [-0.15, -0.1) is 0 Å². The Morgan fingerprint density at radius 3 is 3.04 bits per heavy atom. The number of H-pyrrole nitrogens is 1. The number of benzene rings is 1. The molecule has 1 atom stereocenters. The number of nitrogens with zero attached hydrogens (tertiary/aromatic N) is 3. The molecule has 0 unspecified atom stereocenters. The highest BCUT2D eigenvalue weighted by Crippen LogP contribution is 2.23. The lowest BCUT2D eigenvalue weighted by atomic mass is 10.1. The predicted molar refractivity (Wildman–Crippen MR) is 94.7 cm³/mol. The molecular formula is C19H20N4O. The van der Waals surface area contributed by atoms with Crippen LogP contribution in [0.15, 0.2) is 47.5 Å². The number of aromatic amines is 1. The van der Waals surface area contributed by atoms with E-state index in [9.17, 15) is 4.79 Å². The van der Waals surface area contributed by atoms with Gasteiger partial charge in [-0.2, -0.15) is 0 Å². The first-order valence-corrected chi connectivity index (χ1v) is 8.38. The van der Waals surface area contributed by atoms with Crippen molar-refractivity contribution >= 4 is 11.0 Å². The number of pyridine rings is 1. The molecule has 0 saturated carbocycles. The SMILES string of the molecule is C[C@@H]1CCCN1Cc1cccc(-c2ccc3nc[nH]c(=O)c3n2)c1. The molecule has 1 aliphatic rings. The Labute approximate surface area is 140 Å². The zero-order valence-corrected chi connectivity index (χ0v) is 13.7. The van der Waals surface area contributed by atoms with Gasteiger partial charge in [-0.05, 0) is 50.1 Å². The van der Waals surface area contributed by atoms with E-state index in [0.29, 0.717) is 17.1 Å². The molecule has 5 nitrogen and oxygen atoms in total. The highest BCUT2D eigenvalue weighted by Gasteiger charge is 2.20. The average Bonchev–Trinajstić information content (AvgIpc) is 3.00. The fourth-order valence-electron chi connectivity index (χ4n) is 3.40. The van der Waals surface area contributed by atoms with Crippen LogP contribution < -0.4 is 5.56 Å². The molecule has 1 saturated heterocycles. The first kappa shape index (κ1) is 15.0. The van der Waals surface area contributed by atoms with Crippen LogP contribution in [0.1, 0.15) is 25.3 Å². The van der Waals surface area contributed by atoms with Crippen LogP contribution in [0.2, 0.25) is 0 Å². The van der Waals surface area contributed by atoms with E-state index < -0.39 is 0 Å². The molecule has 24 heavy (non-hydrogen) atoms. The summed E-state index contributed by atoms with van der Waals surface area (Å²) < 4.78 is 0. The van der Waals surface area contributed by atoms with E-state index in [4.69, 9.17) is 0 Å². The normalized spacial score (nSPS) is 18.3. The average molecular weight is 320 g/mol. The van der Waals surface area contributed by atoms with E-state index in [1.807, 2.05) is 18.2 Å². The molecule has 3 heterocycles. The number of fused-ring (bicyclic) bond motifs is 1. The van der Waals surface area contributed by atoms with Gasteiger partial charge in [0, 0.05) is 18.2 Å². The third kappa shape index (κ3) is 2.83. The van der Waals surface area contributed by atoms with Crippen LogP contribution in [0.4, 0.5) is 0 Å². The molecule has 0 amide bonds. The third-order valence-electron chi connectivity index (χ3n) is 4.79. The van der Waals surface area contributed by atoms with Crippen molar-refractivity contribution in [3.05, 3.63) is 58.6 Å². The fraction of sp³-hybridized carbons (Fsp3) is 0.316. The monoisotopic (exact) mass is 320 g/mol. The van der Waals surface area contributed by atoms with E-state index >= 15 is 0 Å². The molecule has 0 spiro atoms. The number of likely N-dealkylation sites (tertiary alicyclic amines) is 1. The van der Waals surface area contributed by atoms with Gasteiger partial charge in [-0.1, -0.05) is 18.2 Å². The molecule has 2 aromatic heterocycles. The van der Waals surface area contributed by atoms with Crippen molar-refractivity contribution in [2.24, 2.45) is 0 Å². The summed E-state index contributed by atoms with van der Waals surface area (Å²) in [6.45, 7) is 4.42. The highest BCUT2D eigenvalue weighted by atomic mass is 16.1. The third-order valence-corrected chi connectivity index (χ3v) is 4.79. The summed E-state index contributed by atoms with van der Waals surface area (Å²) in [6.07, 6.45) is 3.97. The second kappa shape index (κ2) is 6.17. The summed E-state index contributed by atoms with van der Waals surface area (Å²) in [6, 6.07) is 12.8. The minimum Gasteiger partial charge on any atom is -0.311 e. The second-order valence-corrected chi connectivity index (χ2v) is 6.46. The smallest absolute Gasteiger partial charge is 0.277 e. The van der Waals surface area contributed by atoms with Crippen molar-refractivity contribution in [2.45, 2.75) is 32.4 Å². The van der Waals surface area contributed by atoms with E-state index in [-0.39, 0.29) is 5.56 Å². The van der Waals surface area contributed by atoms with Crippen LogP contribution in [-0.2, 0) is 6.54 Å². The van der Waals surface area contributed by atoms with Crippen LogP contribution in [-0.4, -0.2) is 32.4 Å². The van der Waals surface area contributed by atoms with Gasteiger partial charge in [0.05, 0.1) is 17.5 Å². The lowest BCUT2D eigenvalue weighted by Gasteiger charge is -2.21. The fourth-order valence-corrected chi connectivity index (χ4v) is 3.40. The summed E-state index contributed by atoms with van der Waals surface area (Å²) in [7, 11) is 0. The van der Waals surface area contributed by atoms with E-state index in [2.05, 4.69) is 45.0 Å². The Hall–Kier alpha value is -2.53. The molecule has 1 fully saturated rings. The Bertz CT molecular complexity index is 934. The summed E-state index contributed by atoms with van der Waals surface area (Å²) in [5.41, 5.74) is 3.91. The van der Waals surface area contributed by atoms with Crippen LogP contribution >= 0.6 is 0 Å². The molecule has 0 radical (unpaired) electrons. The Balaban J connectivity index is 1.68. The minimum absolute atomic E-state index is 0.205. The minimum atomic E-state index is -0.205. The summed E-state index contributed by atoms with van der Waals surface area (Å²) in [5, 5.41) is 0. The maximum Gasteiger partial charge on any atom is 0.277 e. The number of hydrogen-bond acceptors (Lipinski definition) is 4. The highest BCUT2D eigenvalue weighted by molar-refractivity contribution is 5.76. The molecule has 1 aliphatic heterocycles. The molecule has 5 heteroatoms. The van der Waals surface area contributed by atoms with Gasteiger partial charge in [-0.25, -0.2) is 9.97 Å². The molecule has 122 valence electrons. The van der Waals surface area contributed by atoms with E-state index in [1.54, 1.807) is 0 Å². The maximum absolute atomic E-state index is 11.9.